The quantitative estimate of drug-likeness (QED) is 0.498. The molecule has 0 aromatic heterocycles. The van der Waals surface area contributed by atoms with Gasteiger partial charge in [-0.15, -0.1) is 0 Å². The van der Waals surface area contributed by atoms with Gasteiger partial charge in [-0.05, 0) is 13.8 Å². The van der Waals surface area contributed by atoms with Crippen molar-refractivity contribution >= 4 is 0 Å². The molecule has 1 radical (unpaired) electrons. The molecule has 1 nitrogen and oxygen atoms in total. The lowest BCUT2D eigenvalue weighted by Crippen LogP contribution is -1.98. The summed E-state index contributed by atoms with van der Waals surface area (Å²) in [5, 5.41) is 0. The maximum atomic E-state index is 5.17. The molecule has 0 aliphatic heterocycles. The Morgan fingerprint density at radius 1 is 2.00 bits per heavy atom. The van der Waals surface area contributed by atoms with E-state index in [1.165, 1.54) is 0 Å². The number of allylic oxidation sites excluding steroid dienone is 1. The lowest BCUT2D eigenvalue weighted by Gasteiger charge is -1.85. The van der Waals surface area contributed by atoms with Gasteiger partial charge in [0, 0.05) is 6.54 Å². The van der Waals surface area contributed by atoms with Crippen molar-refractivity contribution in [1.29, 1.82) is 0 Å². The molecule has 0 amide bonds. The molecule has 0 aliphatic carbocycles. The molecule has 0 saturated carbocycles. The van der Waals surface area contributed by atoms with Crippen LogP contribution in [0.3, 0.4) is 0 Å². The number of rotatable bonds is 1. The highest BCUT2D eigenvalue weighted by molar-refractivity contribution is 5.00. The molecule has 6 heavy (non-hydrogen) atoms. The zero-order valence-electron chi connectivity index (χ0n) is 4.07. The monoisotopic (exact) mass is 84.1 g/mol. The number of hydrogen-bond acceptors (Lipinski definition) is 1. The first-order valence-electron chi connectivity index (χ1n) is 1.96. The van der Waals surface area contributed by atoms with Gasteiger partial charge in [0.2, 0.25) is 0 Å². The summed E-state index contributed by atoms with van der Waals surface area (Å²) < 4.78 is 0. The lowest BCUT2D eigenvalue weighted by atomic mass is 10.3. The SMILES string of the molecule is [CH2]C=C(C)CN. The largest absolute Gasteiger partial charge is 0.327 e. The summed E-state index contributed by atoms with van der Waals surface area (Å²) in [7, 11) is 0. The molecule has 0 unspecified atom stereocenters. The first-order valence-corrected chi connectivity index (χ1v) is 1.96. The van der Waals surface area contributed by atoms with Crippen molar-refractivity contribution in [3.8, 4) is 0 Å². The second-order valence-corrected chi connectivity index (χ2v) is 1.25. The van der Waals surface area contributed by atoms with Crippen molar-refractivity contribution in [3.05, 3.63) is 18.6 Å². The third-order valence-electron chi connectivity index (χ3n) is 0.670. The molecule has 0 spiro atoms. The topological polar surface area (TPSA) is 26.0 Å². The van der Waals surface area contributed by atoms with Crippen LogP contribution in [0.2, 0.25) is 0 Å². The molecule has 0 atom stereocenters. The van der Waals surface area contributed by atoms with Gasteiger partial charge in [-0.1, -0.05) is 11.6 Å². The average Bonchev–Trinajstić information content (AvgIpc) is 1.65. The molecular formula is C5H10N. The van der Waals surface area contributed by atoms with Crippen LogP contribution in [0, 0.1) is 6.92 Å². The first kappa shape index (κ1) is 5.70. The Labute approximate surface area is 38.8 Å². The maximum absolute atomic E-state index is 5.17. The van der Waals surface area contributed by atoms with Gasteiger partial charge in [-0.2, -0.15) is 0 Å². The van der Waals surface area contributed by atoms with E-state index < -0.39 is 0 Å². The zero-order chi connectivity index (χ0) is 4.99. The van der Waals surface area contributed by atoms with Gasteiger partial charge in [0.1, 0.15) is 0 Å². The summed E-state index contributed by atoms with van der Waals surface area (Å²) >= 11 is 0. The lowest BCUT2D eigenvalue weighted by molar-refractivity contribution is 1.14. The van der Waals surface area contributed by atoms with E-state index in [2.05, 4.69) is 6.92 Å². The van der Waals surface area contributed by atoms with Crippen LogP contribution in [0.5, 0.6) is 0 Å². The molecule has 2 N–H and O–H groups in total. The van der Waals surface area contributed by atoms with Crippen LogP contribution in [-0.2, 0) is 0 Å². The second-order valence-electron chi connectivity index (χ2n) is 1.25. The van der Waals surface area contributed by atoms with E-state index in [-0.39, 0.29) is 0 Å². The highest BCUT2D eigenvalue weighted by Crippen LogP contribution is 1.82. The van der Waals surface area contributed by atoms with E-state index in [1.54, 1.807) is 6.08 Å². The summed E-state index contributed by atoms with van der Waals surface area (Å²) in [6, 6.07) is 0. The van der Waals surface area contributed by atoms with Crippen LogP contribution in [0.1, 0.15) is 6.92 Å². The van der Waals surface area contributed by atoms with Crippen LogP contribution in [-0.4, -0.2) is 6.54 Å². The van der Waals surface area contributed by atoms with Gasteiger partial charge < -0.3 is 5.73 Å². The third kappa shape index (κ3) is 1.97. The Hall–Kier alpha value is -0.300. The molecule has 0 bridgehead atoms. The van der Waals surface area contributed by atoms with Gasteiger partial charge in [0.05, 0.1) is 0 Å². The fourth-order valence-electron chi connectivity index (χ4n) is 0.0833. The van der Waals surface area contributed by atoms with Gasteiger partial charge in [0.15, 0.2) is 0 Å². The highest BCUT2D eigenvalue weighted by atomic mass is 14.5. The van der Waals surface area contributed by atoms with Crippen LogP contribution in [0.15, 0.2) is 11.6 Å². The molecule has 0 fully saturated rings. The highest BCUT2D eigenvalue weighted by Gasteiger charge is 1.73. The van der Waals surface area contributed by atoms with E-state index in [9.17, 15) is 0 Å². The minimum absolute atomic E-state index is 0.628. The molecule has 0 aromatic carbocycles. The summed E-state index contributed by atoms with van der Waals surface area (Å²) in [5.41, 5.74) is 6.31. The van der Waals surface area contributed by atoms with Gasteiger partial charge >= 0.3 is 0 Å². The van der Waals surface area contributed by atoms with Crippen LogP contribution in [0.25, 0.3) is 0 Å². The number of nitrogens with two attached hydrogens (primary N) is 1. The average molecular weight is 84.1 g/mol. The molecular weight excluding hydrogens is 74.1 g/mol. The minimum Gasteiger partial charge on any atom is -0.327 e. The summed E-state index contributed by atoms with van der Waals surface area (Å²) in [5.74, 6) is 0. The van der Waals surface area contributed by atoms with Gasteiger partial charge in [0.25, 0.3) is 0 Å². The Morgan fingerprint density at radius 3 is 2.50 bits per heavy atom. The minimum atomic E-state index is 0.628. The summed E-state index contributed by atoms with van der Waals surface area (Å²) in [6.45, 7) is 6.09. The van der Waals surface area contributed by atoms with Crippen LogP contribution < -0.4 is 5.73 Å². The number of hydrogen-bond donors (Lipinski definition) is 1. The summed E-state index contributed by atoms with van der Waals surface area (Å²) in [4.78, 5) is 0. The zero-order valence-corrected chi connectivity index (χ0v) is 4.07. The Kier molecular flexibility index (Phi) is 2.77. The first-order chi connectivity index (χ1) is 2.81. The standard InChI is InChI=1S/C5H10N/c1-3-5(2)4-6/h3H,1,4,6H2,2H3. The van der Waals surface area contributed by atoms with E-state index in [1.807, 2.05) is 6.92 Å². The fourth-order valence-corrected chi connectivity index (χ4v) is 0.0833. The Bertz CT molecular complexity index is 55.0. The Balaban J connectivity index is 3.22. The molecule has 0 heterocycles. The smallest absolute Gasteiger partial charge is 0.0134 e. The van der Waals surface area contributed by atoms with Crippen LogP contribution in [0.4, 0.5) is 0 Å². The predicted octanol–water partition coefficient (Wildman–Crippen LogP) is 0.725. The normalized spacial score (nSPS) is 12.2. The van der Waals surface area contributed by atoms with Gasteiger partial charge in [-0.3, -0.25) is 0 Å². The predicted molar refractivity (Wildman–Crippen MR) is 28.2 cm³/mol. The summed E-state index contributed by atoms with van der Waals surface area (Å²) in [6.07, 6.45) is 1.76. The fraction of sp³-hybridized carbons (Fsp3) is 0.400. The van der Waals surface area contributed by atoms with Crippen molar-refractivity contribution in [2.75, 3.05) is 6.54 Å². The molecule has 0 aromatic rings. The van der Waals surface area contributed by atoms with Crippen molar-refractivity contribution in [3.63, 3.8) is 0 Å². The van der Waals surface area contributed by atoms with Gasteiger partial charge in [-0.25, -0.2) is 0 Å². The molecule has 0 saturated heterocycles. The molecule has 0 rings (SSSR count). The maximum Gasteiger partial charge on any atom is 0.0134 e. The molecule has 35 valence electrons. The second kappa shape index (κ2) is 2.91. The Morgan fingerprint density at radius 2 is 2.50 bits per heavy atom. The van der Waals surface area contributed by atoms with E-state index in [4.69, 9.17) is 5.73 Å². The molecule has 0 aliphatic rings. The van der Waals surface area contributed by atoms with Crippen molar-refractivity contribution in [2.24, 2.45) is 5.73 Å². The van der Waals surface area contributed by atoms with E-state index >= 15 is 0 Å². The van der Waals surface area contributed by atoms with E-state index in [0.29, 0.717) is 6.54 Å². The van der Waals surface area contributed by atoms with Crippen molar-refractivity contribution < 1.29 is 0 Å². The van der Waals surface area contributed by atoms with Crippen molar-refractivity contribution in [2.45, 2.75) is 6.92 Å². The van der Waals surface area contributed by atoms with Crippen molar-refractivity contribution in [1.82, 2.24) is 0 Å². The molecule has 1 heteroatoms. The van der Waals surface area contributed by atoms with E-state index in [0.717, 1.165) is 5.57 Å². The van der Waals surface area contributed by atoms with Crippen LogP contribution >= 0.6 is 0 Å². The third-order valence-corrected chi connectivity index (χ3v) is 0.670.